The molecule has 2 aromatic heterocycles. The second kappa shape index (κ2) is 7.13. The van der Waals surface area contributed by atoms with E-state index in [4.69, 9.17) is 4.74 Å². The maximum Gasteiger partial charge on any atom is 0.291 e. The standard InChI is InChI=1S/C20H14FN3O2S/c1-26-16-5-3-2-4-14(16)12-17-19(25)24-20(27-17)22-18(23-24)11-8-13-6-9-15(21)10-7-13/h2-12H,1H3. The number of hydrogen-bond donors (Lipinski definition) is 0. The molecule has 0 unspecified atom stereocenters. The molecule has 0 saturated carbocycles. The van der Waals surface area contributed by atoms with E-state index >= 15 is 0 Å². The quantitative estimate of drug-likeness (QED) is 0.547. The molecule has 0 aliphatic carbocycles. The number of benzene rings is 2. The van der Waals surface area contributed by atoms with Gasteiger partial charge in [0, 0.05) is 5.56 Å². The number of para-hydroxylation sites is 1. The van der Waals surface area contributed by atoms with Crippen molar-refractivity contribution in [1.29, 1.82) is 0 Å². The van der Waals surface area contributed by atoms with E-state index < -0.39 is 0 Å². The molecule has 5 nitrogen and oxygen atoms in total. The molecule has 27 heavy (non-hydrogen) atoms. The van der Waals surface area contributed by atoms with Crippen molar-refractivity contribution in [1.82, 2.24) is 14.6 Å². The minimum atomic E-state index is -0.289. The monoisotopic (exact) mass is 379 g/mol. The van der Waals surface area contributed by atoms with Crippen molar-refractivity contribution in [3.63, 3.8) is 0 Å². The fourth-order valence-electron chi connectivity index (χ4n) is 2.59. The molecule has 0 N–H and O–H groups in total. The first-order valence-corrected chi connectivity index (χ1v) is 8.94. The third kappa shape index (κ3) is 3.50. The van der Waals surface area contributed by atoms with Crippen molar-refractivity contribution in [3.05, 3.63) is 86.2 Å². The molecule has 134 valence electrons. The Kier molecular flexibility index (Phi) is 4.52. The van der Waals surface area contributed by atoms with Gasteiger partial charge in [-0.2, -0.15) is 9.50 Å². The van der Waals surface area contributed by atoms with Gasteiger partial charge in [-0.1, -0.05) is 47.7 Å². The number of ether oxygens (including phenoxy) is 1. The molecule has 0 radical (unpaired) electrons. The average Bonchev–Trinajstić information content (AvgIpc) is 3.21. The zero-order valence-corrected chi connectivity index (χ0v) is 15.1. The molecule has 7 heteroatoms. The summed E-state index contributed by atoms with van der Waals surface area (Å²) in [6.45, 7) is 0. The maximum atomic E-state index is 12.9. The number of rotatable bonds is 4. The van der Waals surface area contributed by atoms with Crippen LogP contribution >= 0.6 is 11.3 Å². The Morgan fingerprint density at radius 3 is 2.63 bits per heavy atom. The molecule has 4 aromatic rings. The van der Waals surface area contributed by atoms with E-state index in [9.17, 15) is 9.18 Å². The minimum absolute atomic E-state index is 0.227. The smallest absolute Gasteiger partial charge is 0.291 e. The lowest BCUT2D eigenvalue weighted by atomic mass is 10.2. The first-order valence-electron chi connectivity index (χ1n) is 8.12. The molecular formula is C20H14FN3O2S. The molecule has 0 atom stereocenters. The Bertz CT molecular complexity index is 1240. The molecule has 0 aliphatic rings. The van der Waals surface area contributed by atoms with E-state index in [2.05, 4.69) is 10.1 Å². The number of thiazole rings is 1. The number of methoxy groups -OCH3 is 1. The van der Waals surface area contributed by atoms with E-state index in [1.807, 2.05) is 24.3 Å². The Morgan fingerprint density at radius 1 is 1.11 bits per heavy atom. The van der Waals surface area contributed by atoms with Crippen molar-refractivity contribution in [2.45, 2.75) is 0 Å². The van der Waals surface area contributed by atoms with Crippen molar-refractivity contribution in [2.75, 3.05) is 7.11 Å². The summed E-state index contributed by atoms with van der Waals surface area (Å²) in [7, 11) is 1.59. The van der Waals surface area contributed by atoms with Crippen molar-refractivity contribution < 1.29 is 9.13 Å². The molecule has 0 aliphatic heterocycles. The van der Waals surface area contributed by atoms with Gasteiger partial charge in [-0.05, 0) is 35.9 Å². The van der Waals surface area contributed by atoms with Crippen LogP contribution in [0.25, 0.3) is 23.2 Å². The fourth-order valence-corrected chi connectivity index (χ4v) is 3.50. The molecule has 0 amide bonds. The second-order valence-corrected chi connectivity index (χ2v) is 6.72. The lowest BCUT2D eigenvalue weighted by molar-refractivity contribution is 0.414. The van der Waals surface area contributed by atoms with Crippen molar-refractivity contribution in [3.8, 4) is 5.75 Å². The van der Waals surface area contributed by atoms with Crippen LogP contribution in [0.1, 0.15) is 17.0 Å². The molecular weight excluding hydrogens is 365 g/mol. The summed E-state index contributed by atoms with van der Waals surface area (Å²) in [5.74, 6) is 0.827. The fraction of sp³-hybridized carbons (Fsp3) is 0.0500. The molecule has 4 rings (SSSR count). The summed E-state index contributed by atoms with van der Waals surface area (Å²) in [5, 5.41) is 4.24. The van der Waals surface area contributed by atoms with E-state index in [-0.39, 0.29) is 11.4 Å². The van der Waals surface area contributed by atoms with Gasteiger partial charge in [0.15, 0.2) is 5.82 Å². The van der Waals surface area contributed by atoms with Gasteiger partial charge in [0.1, 0.15) is 11.6 Å². The predicted molar refractivity (Wildman–Crippen MR) is 104 cm³/mol. The van der Waals surface area contributed by atoms with E-state index in [0.717, 1.165) is 11.1 Å². The molecule has 0 fully saturated rings. The molecule has 2 aromatic carbocycles. The Morgan fingerprint density at radius 2 is 1.89 bits per heavy atom. The normalized spacial score (nSPS) is 12.3. The SMILES string of the molecule is COc1ccccc1C=c1sc2nc(C=Cc3ccc(F)cc3)nn2c1=O. The summed E-state index contributed by atoms with van der Waals surface area (Å²) in [6, 6.07) is 13.6. The third-order valence-electron chi connectivity index (χ3n) is 3.92. The number of hydrogen-bond acceptors (Lipinski definition) is 5. The maximum absolute atomic E-state index is 12.9. The first-order chi connectivity index (χ1) is 13.1. The molecule has 0 spiro atoms. The Labute approximate surface area is 157 Å². The minimum Gasteiger partial charge on any atom is -0.496 e. The summed E-state index contributed by atoms with van der Waals surface area (Å²) < 4.78 is 20.1. The van der Waals surface area contributed by atoms with Gasteiger partial charge >= 0.3 is 0 Å². The molecule has 0 bridgehead atoms. The van der Waals surface area contributed by atoms with Crippen LogP contribution in [0.4, 0.5) is 4.39 Å². The highest BCUT2D eigenvalue weighted by atomic mass is 32.1. The van der Waals surface area contributed by atoms with Crippen LogP contribution < -0.4 is 14.8 Å². The highest BCUT2D eigenvalue weighted by Gasteiger charge is 2.09. The van der Waals surface area contributed by atoms with Crippen LogP contribution in [0.5, 0.6) is 5.75 Å². The molecule has 2 heterocycles. The van der Waals surface area contributed by atoms with Crippen LogP contribution in [0.2, 0.25) is 0 Å². The summed E-state index contributed by atoms with van der Waals surface area (Å²) >= 11 is 1.26. The largest absolute Gasteiger partial charge is 0.496 e. The number of nitrogens with zero attached hydrogens (tertiary/aromatic N) is 3. The zero-order chi connectivity index (χ0) is 18.8. The molecule has 0 saturated heterocycles. The topological polar surface area (TPSA) is 56.5 Å². The second-order valence-electron chi connectivity index (χ2n) is 5.71. The lowest BCUT2D eigenvalue weighted by Crippen LogP contribution is -2.23. The van der Waals surface area contributed by atoms with Gasteiger partial charge in [-0.15, -0.1) is 5.10 Å². The number of aromatic nitrogens is 3. The van der Waals surface area contributed by atoms with Gasteiger partial charge in [0.25, 0.3) is 5.56 Å². The zero-order valence-electron chi connectivity index (χ0n) is 14.3. The van der Waals surface area contributed by atoms with Gasteiger partial charge in [0.05, 0.1) is 11.6 Å². The predicted octanol–water partition coefficient (Wildman–Crippen LogP) is 3.02. The highest BCUT2D eigenvalue weighted by molar-refractivity contribution is 7.15. The van der Waals surface area contributed by atoms with Gasteiger partial charge in [0.2, 0.25) is 4.96 Å². The summed E-state index contributed by atoms with van der Waals surface area (Å²) in [5.41, 5.74) is 1.41. The number of fused-ring (bicyclic) bond motifs is 1. The average molecular weight is 379 g/mol. The van der Waals surface area contributed by atoms with Crippen molar-refractivity contribution >= 4 is 34.5 Å². The highest BCUT2D eigenvalue weighted by Crippen LogP contribution is 2.18. The third-order valence-corrected chi connectivity index (χ3v) is 4.88. The first kappa shape index (κ1) is 17.1. The summed E-state index contributed by atoms with van der Waals surface area (Å²) in [6.07, 6.45) is 5.23. The van der Waals surface area contributed by atoms with Crippen molar-refractivity contribution in [2.24, 2.45) is 0 Å². The summed E-state index contributed by atoms with van der Waals surface area (Å²) in [4.78, 5) is 17.5. The Balaban J connectivity index is 1.68. The van der Waals surface area contributed by atoms with E-state index in [1.165, 1.54) is 28.0 Å². The number of halogens is 1. The van der Waals surface area contributed by atoms with E-state index in [0.29, 0.717) is 21.1 Å². The van der Waals surface area contributed by atoms with Crippen LogP contribution in [0.3, 0.4) is 0 Å². The van der Waals surface area contributed by atoms with Crippen LogP contribution in [0.15, 0.2) is 53.3 Å². The van der Waals surface area contributed by atoms with Gasteiger partial charge < -0.3 is 4.74 Å². The van der Waals surface area contributed by atoms with Crippen LogP contribution in [-0.4, -0.2) is 21.7 Å². The van der Waals surface area contributed by atoms with Gasteiger partial charge in [-0.25, -0.2) is 4.39 Å². The van der Waals surface area contributed by atoms with E-state index in [1.54, 1.807) is 37.5 Å². The lowest BCUT2D eigenvalue weighted by Gasteiger charge is -2.02. The van der Waals surface area contributed by atoms with Crippen LogP contribution in [0, 0.1) is 5.82 Å². The Hall–Kier alpha value is -3.32. The van der Waals surface area contributed by atoms with Crippen LogP contribution in [-0.2, 0) is 0 Å². The van der Waals surface area contributed by atoms with Gasteiger partial charge in [-0.3, -0.25) is 4.79 Å².